The van der Waals surface area contributed by atoms with E-state index in [4.69, 9.17) is 9.47 Å². The number of hydrazone groups is 1. The van der Waals surface area contributed by atoms with Gasteiger partial charge >= 0.3 is 5.97 Å². The first-order chi connectivity index (χ1) is 14.7. The number of fused-ring (bicyclic) bond motifs is 1. The third-order valence-corrected chi connectivity index (χ3v) is 5.29. The molecule has 30 heavy (non-hydrogen) atoms. The second kappa shape index (κ2) is 9.19. The molecular formula is C23H19N3O3S. The normalized spacial score (nSPS) is 11.0. The Hall–Kier alpha value is -3.71. The largest absolute Gasteiger partial charge is 0.488 e. The summed E-state index contributed by atoms with van der Waals surface area (Å²) in [5, 5.41) is 5.04. The molecule has 0 saturated heterocycles. The highest BCUT2D eigenvalue weighted by Crippen LogP contribution is 2.25. The summed E-state index contributed by atoms with van der Waals surface area (Å²) in [4.78, 5) is 16.0. The highest BCUT2D eigenvalue weighted by Gasteiger charge is 2.06. The van der Waals surface area contributed by atoms with Gasteiger partial charge in [0.15, 0.2) is 0 Å². The smallest absolute Gasteiger partial charge is 0.337 e. The van der Waals surface area contributed by atoms with Crippen molar-refractivity contribution in [2.24, 2.45) is 5.10 Å². The van der Waals surface area contributed by atoms with Gasteiger partial charge in [0.05, 0.1) is 29.1 Å². The molecule has 0 spiro atoms. The van der Waals surface area contributed by atoms with Crippen molar-refractivity contribution in [3.05, 3.63) is 89.5 Å². The van der Waals surface area contributed by atoms with Crippen LogP contribution in [0, 0.1) is 0 Å². The summed E-state index contributed by atoms with van der Waals surface area (Å²) in [6, 6.07) is 22.8. The summed E-state index contributed by atoms with van der Waals surface area (Å²) >= 11 is 1.55. The van der Waals surface area contributed by atoms with Gasteiger partial charge in [-0.15, -0.1) is 0 Å². The van der Waals surface area contributed by atoms with E-state index in [2.05, 4.69) is 15.5 Å². The Labute approximate surface area is 177 Å². The Kier molecular flexibility index (Phi) is 6.01. The lowest BCUT2D eigenvalue weighted by molar-refractivity contribution is 0.0600. The Morgan fingerprint density at radius 2 is 1.83 bits per heavy atom. The fourth-order valence-corrected chi connectivity index (χ4v) is 3.63. The van der Waals surface area contributed by atoms with Crippen molar-refractivity contribution >= 4 is 38.9 Å². The van der Waals surface area contributed by atoms with E-state index in [1.807, 2.05) is 60.7 Å². The zero-order chi connectivity index (χ0) is 20.8. The van der Waals surface area contributed by atoms with Crippen LogP contribution in [0.25, 0.3) is 10.2 Å². The van der Waals surface area contributed by atoms with Crippen LogP contribution in [0.1, 0.15) is 21.5 Å². The lowest BCUT2D eigenvalue weighted by Crippen LogP contribution is -2.02. The molecule has 3 aromatic carbocycles. The molecule has 1 aromatic heterocycles. The van der Waals surface area contributed by atoms with Gasteiger partial charge in [0.1, 0.15) is 12.4 Å². The summed E-state index contributed by atoms with van der Waals surface area (Å²) < 4.78 is 11.8. The predicted octanol–water partition coefficient (Wildman–Crippen LogP) is 5.11. The molecular weight excluding hydrogens is 398 g/mol. The number of carbonyl (C=O) groups is 1. The van der Waals surface area contributed by atoms with Gasteiger partial charge in [-0.25, -0.2) is 9.78 Å². The fourth-order valence-electron chi connectivity index (χ4n) is 2.81. The van der Waals surface area contributed by atoms with Gasteiger partial charge < -0.3 is 9.47 Å². The maximum atomic E-state index is 11.5. The maximum Gasteiger partial charge on any atom is 0.337 e. The van der Waals surface area contributed by atoms with Crippen molar-refractivity contribution in [1.29, 1.82) is 0 Å². The molecule has 0 amide bonds. The van der Waals surface area contributed by atoms with E-state index in [0.29, 0.717) is 17.9 Å². The number of esters is 1. The first-order valence-electron chi connectivity index (χ1n) is 9.26. The molecule has 4 aromatic rings. The molecule has 4 rings (SSSR count). The van der Waals surface area contributed by atoms with Crippen LogP contribution >= 0.6 is 11.3 Å². The highest BCUT2D eigenvalue weighted by atomic mass is 32.1. The van der Waals surface area contributed by atoms with Gasteiger partial charge in [0.25, 0.3) is 0 Å². The van der Waals surface area contributed by atoms with Crippen LogP contribution in [0.2, 0.25) is 0 Å². The topological polar surface area (TPSA) is 72.8 Å². The summed E-state index contributed by atoms with van der Waals surface area (Å²) in [5.74, 6) is 0.356. The van der Waals surface area contributed by atoms with Gasteiger partial charge in [-0.1, -0.05) is 47.7 Å². The van der Waals surface area contributed by atoms with Crippen molar-refractivity contribution in [2.45, 2.75) is 6.61 Å². The molecule has 1 N–H and O–H groups in total. The number of rotatable bonds is 7. The molecule has 1 heterocycles. The summed E-state index contributed by atoms with van der Waals surface area (Å²) in [7, 11) is 1.36. The van der Waals surface area contributed by atoms with Crippen LogP contribution in [0.3, 0.4) is 0 Å². The van der Waals surface area contributed by atoms with E-state index < -0.39 is 0 Å². The molecule has 6 nitrogen and oxygen atoms in total. The van der Waals surface area contributed by atoms with E-state index in [1.54, 1.807) is 29.7 Å². The molecule has 0 aliphatic heterocycles. The van der Waals surface area contributed by atoms with Gasteiger partial charge in [0.2, 0.25) is 5.13 Å². The van der Waals surface area contributed by atoms with Crippen molar-refractivity contribution in [2.75, 3.05) is 12.5 Å². The molecule has 0 atom stereocenters. The maximum absolute atomic E-state index is 11.5. The van der Waals surface area contributed by atoms with E-state index in [9.17, 15) is 4.79 Å². The van der Waals surface area contributed by atoms with Crippen LogP contribution in [0.15, 0.2) is 77.9 Å². The first kappa shape index (κ1) is 19.6. The standard InChI is InChI=1S/C23H19N3O3S/c1-28-22(27)17-12-10-16(11-13-17)15-29-20-8-4-2-6-18(20)14-24-26-23-25-19-7-3-5-9-21(19)30-23/h2-14H,15H2,1H3,(H,25,26). The monoisotopic (exact) mass is 417 g/mol. The van der Waals surface area contributed by atoms with Gasteiger partial charge in [0, 0.05) is 5.56 Å². The summed E-state index contributed by atoms with van der Waals surface area (Å²) in [6.07, 6.45) is 1.71. The lowest BCUT2D eigenvalue weighted by Gasteiger charge is -2.09. The minimum absolute atomic E-state index is 0.357. The number of hydrogen-bond acceptors (Lipinski definition) is 7. The van der Waals surface area contributed by atoms with Crippen LogP contribution in [-0.2, 0) is 11.3 Å². The number of para-hydroxylation sites is 2. The number of carbonyl (C=O) groups excluding carboxylic acids is 1. The number of ether oxygens (including phenoxy) is 2. The van der Waals surface area contributed by atoms with E-state index in [0.717, 1.165) is 26.5 Å². The molecule has 0 bridgehead atoms. The number of anilines is 1. The minimum Gasteiger partial charge on any atom is -0.488 e. The second-order valence-corrected chi connectivity index (χ2v) is 7.40. The number of benzene rings is 3. The van der Waals surface area contributed by atoms with E-state index in [1.165, 1.54) is 7.11 Å². The Bertz CT molecular complexity index is 1150. The lowest BCUT2D eigenvalue weighted by atomic mass is 10.1. The quantitative estimate of drug-likeness (QED) is 0.257. The number of nitrogens with zero attached hydrogens (tertiary/aromatic N) is 2. The van der Waals surface area contributed by atoms with E-state index in [-0.39, 0.29) is 5.97 Å². The third kappa shape index (κ3) is 4.64. The third-order valence-electron chi connectivity index (χ3n) is 4.35. The molecule has 7 heteroatoms. The van der Waals surface area contributed by atoms with Crippen LogP contribution in [-0.4, -0.2) is 24.3 Å². The SMILES string of the molecule is COC(=O)c1ccc(COc2ccccc2C=NNc2nc3ccccc3s2)cc1. The zero-order valence-corrected chi connectivity index (χ0v) is 17.1. The van der Waals surface area contributed by atoms with Crippen molar-refractivity contribution in [1.82, 2.24) is 4.98 Å². The predicted molar refractivity (Wildman–Crippen MR) is 119 cm³/mol. The Balaban J connectivity index is 1.40. The minimum atomic E-state index is -0.357. The van der Waals surface area contributed by atoms with E-state index >= 15 is 0 Å². The molecule has 0 aliphatic carbocycles. The first-order valence-corrected chi connectivity index (χ1v) is 10.1. The summed E-state index contributed by atoms with van der Waals surface area (Å²) in [6.45, 7) is 0.373. The Morgan fingerprint density at radius 3 is 2.63 bits per heavy atom. The summed E-state index contributed by atoms with van der Waals surface area (Å²) in [5.41, 5.74) is 6.23. The number of hydrogen-bond donors (Lipinski definition) is 1. The molecule has 0 radical (unpaired) electrons. The molecule has 0 aliphatic rings. The van der Waals surface area contributed by atoms with Gasteiger partial charge in [-0.3, -0.25) is 5.43 Å². The van der Waals surface area contributed by atoms with Crippen molar-refractivity contribution in [3.63, 3.8) is 0 Å². The number of thiazole rings is 1. The average molecular weight is 417 g/mol. The average Bonchev–Trinajstić information content (AvgIpc) is 3.21. The van der Waals surface area contributed by atoms with Crippen LogP contribution in [0.4, 0.5) is 5.13 Å². The van der Waals surface area contributed by atoms with Crippen molar-refractivity contribution in [3.8, 4) is 5.75 Å². The van der Waals surface area contributed by atoms with Crippen molar-refractivity contribution < 1.29 is 14.3 Å². The Morgan fingerprint density at radius 1 is 1.07 bits per heavy atom. The molecule has 0 unspecified atom stereocenters. The molecule has 0 saturated carbocycles. The zero-order valence-electron chi connectivity index (χ0n) is 16.2. The molecule has 0 fully saturated rings. The number of nitrogens with one attached hydrogen (secondary N) is 1. The fraction of sp³-hybridized carbons (Fsp3) is 0.0870. The second-order valence-electron chi connectivity index (χ2n) is 6.37. The highest BCUT2D eigenvalue weighted by molar-refractivity contribution is 7.22. The molecule has 150 valence electrons. The number of methoxy groups -OCH3 is 1. The van der Waals surface area contributed by atoms with Gasteiger partial charge in [-0.2, -0.15) is 5.10 Å². The van der Waals surface area contributed by atoms with Crippen LogP contribution in [0.5, 0.6) is 5.75 Å². The van der Waals surface area contributed by atoms with Gasteiger partial charge in [-0.05, 0) is 42.0 Å². The number of aromatic nitrogens is 1. The van der Waals surface area contributed by atoms with Crippen LogP contribution < -0.4 is 10.2 Å².